The van der Waals surface area contributed by atoms with Crippen LogP contribution in [0.1, 0.15) is 6.92 Å². The number of hydrogen-bond donors (Lipinski definition) is 1. The highest BCUT2D eigenvalue weighted by Crippen LogP contribution is 2.35. The second-order valence-electron chi connectivity index (χ2n) is 3.41. The average Bonchev–Trinajstić information content (AvgIpc) is 2.36. The van der Waals surface area contributed by atoms with Crippen LogP contribution in [0, 0.1) is 0 Å². The molecule has 0 unspecified atom stereocenters. The van der Waals surface area contributed by atoms with E-state index in [4.69, 9.17) is 11.6 Å². The predicted octanol–water partition coefficient (Wildman–Crippen LogP) is 4.48. The zero-order chi connectivity index (χ0) is 13.0. The van der Waals surface area contributed by atoms with Crippen molar-refractivity contribution in [2.24, 2.45) is 0 Å². The maximum atomic E-state index is 6.11. The Morgan fingerprint density at radius 3 is 2.89 bits per heavy atom. The van der Waals surface area contributed by atoms with Gasteiger partial charge in [-0.3, -0.25) is 0 Å². The maximum absolute atomic E-state index is 6.11. The Morgan fingerprint density at radius 2 is 2.17 bits per heavy atom. The summed E-state index contributed by atoms with van der Waals surface area (Å²) in [6, 6.07) is 7.95. The molecule has 1 heterocycles. The highest BCUT2D eigenvalue weighted by Gasteiger charge is 2.09. The van der Waals surface area contributed by atoms with Crippen LogP contribution < -0.4 is 5.32 Å². The van der Waals surface area contributed by atoms with Gasteiger partial charge < -0.3 is 5.32 Å². The van der Waals surface area contributed by atoms with Crippen molar-refractivity contribution in [1.82, 2.24) is 9.97 Å². The van der Waals surface area contributed by atoms with Gasteiger partial charge in [0.15, 0.2) is 0 Å². The minimum absolute atomic E-state index is 0.553. The Balaban J connectivity index is 2.28. The highest BCUT2D eigenvalue weighted by molar-refractivity contribution is 9.10. The van der Waals surface area contributed by atoms with Gasteiger partial charge in [0.25, 0.3) is 0 Å². The van der Waals surface area contributed by atoms with Crippen LogP contribution in [0.15, 0.2) is 44.9 Å². The van der Waals surface area contributed by atoms with Gasteiger partial charge >= 0.3 is 0 Å². The van der Waals surface area contributed by atoms with E-state index in [1.807, 2.05) is 31.2 Å². The Morgan fingerprint density at radius 1 is 1.39 bits per heavy atom. The van der Waals surface area contributed by atoms with Gasteiger partial charge in [-0.05, 0) is 35.0 Å². The number of anilines is 1. The molecular formula is C12H11BrClN3S. The lowest BCUT2D eigenvalue weighted by molar-refractivity contribution is 1.01. The number of rotatable bonds is 4. The van der Waals surface area contributed by atoms with Gasteiger partial charge in [0.05, 0.1) is 11.2 Å². The normalized spacial score (nSPS) is 10.4. The molecule has 0 bridgehead atoms. The molecule has 2 rings (SSSR count). The van der Waals surface area contributed by atoms with Gasteiger partial charge in [-0.2, -0.15) is 0 Å². The predicted molar refractivity (Wildman–Crippen MR) is 79.5 cm³/mol. The lowest BCUT2D eigenvalue weighted by Gasteiger charge is -2.07. The van der Waals surface area contributed by atoms with Crippen LogP contribution in [-0.4, -0.2) is 16.5 Å². The molecule has 1 aromatic heterocycles. The molecule has 0 saturated carbocycles. The van der Waals surface area contributed by atoms with E-state index >= 15 is 0 Å². The average molecular weight is 345 g/mol. The van der Waals surface area contributed by atoms with Crippen molar-refractivity contribution in [3.63, 3.8) is 0 Å². The number of aromatic nitrogens is 2. The van der Waals surface area contributed by atoms with Gasteiger partial charge in [0.2, 0.25) is 5.95 Å². The summed E-state index contributed by atoms with van der Waals surface area (Å²) in [5.74, 6) is 0.594. The minimum atomic E-state index is 0.553. The number of hydrogen-bond acceptors (Lipinski definition) is 4. The molecule has 0 atom stereocenters. The molecule has 0 amide bonds. The quantitative estimate of drug-likeness (QED) is 0.830. The zero-order valence-electron chi connectivity index (χ0n) is 9.65. The number of nitrogens with one attached hydrogen (secondary N) is 1. The van der Waals surface area contributed by atoms with Crippen LogP contribution in [0.2, 0.25) is 5.02 Å². The SMILES string of the molecule is CCNc1ncc(Cl)c(Sc2ccccc2Br)n1. The Labute approximate surface area is 124 Å². The second-order valence-corrected chi connectivity index (χ2v) is 5.70. The molecule has 0 radical (unpaired) electrons. The fraction of sp³-hybridized carbons (Fsp3) is 0.167. The fourth-order valence-electron chi connectivity index (χ4n) is 1.30. The van der Waals surface area contributed by atoms with Crippen molar-refractivity contribution in [3.05, 3.63) is 40.0 Å². The van der Waals surface area contributed by atoms with Gasteiger partial charge in [-0.15, -0.1) is 0 Å². The van der Waals surface area contributed by atoms with Crippen molar-refractivity contribution in [2.75, 3.05) is 11.9 Å². The van der Waals surface area contributed by atoms with Crippen LogP contribution in [0.5, 0.6) is 0 Å². The smallest absolute Gasteiger partial charge is 0.223 e. The van der Waals surface area contributed by atoms with Crippen molar-refractivity contribution >= 4 is 45.2 Å². The third-order valence-electron chi connectivity index (χ3n) is 2.09. The molecule has 0 aliphatic heterocycles. The molecule has 0 saturated heterocycles. The number of benzene rings is 1. The van der Waals surface area contributed by atoms with Crippen molar-refractivity contribution in [3.8, 4) is 0 Å². The van der Waals surface area contributed by atoms with Crippen LogP contribution in [-0.2, 0) is 0 Å². The lowest BCUT2D eigenvalue weighted by Crippen LogP contribution is -2.02. The molecule has 3 nitrogen and oxygen atoms in total. The van der Waals surface area contributed by atoms with E-state index in [0.717, 1.165) is 20.9 Å². The van der Waals surface area contributed by atoms with E-state index in [-0.39, 0.29) is 0 Å². The first kappa shape index (κ1) is 13.6. The van der Waals surface area contributed by atoms with Gasteiger partial charge in [0, 0.05) is 15.9 Å². The van der Waals surface area contributed by atoms with Crippen LogP contribution in [0.3, 0.4) is 0 Å². The summed E-state index contributed by atoms with van der Waals surface area (Å²) >= 11 is 11.1. The van der Waals surface area contributed by atoms with Crippen molar-refractivity contribution in [2.45, 2.75) is 16.8 Å². The van der Waals surface area contributed by atoms with E-state index < -0.39 is 0 Å². The monoisotopic (exact) mass is 343 g/mol. The Hall–Kier alpha value is -0.780. The Bertz CT molecular complexity index is 551. The first-order valence-corrected chi connectivity index (χ1v) is 7.38. The number of nitrogens with zero attached hydrogens (tertiary/aromatic N) is 2. The molecule has 0 aliphatic rings. The molecule has 94 valence electrons. The summed E-state index contributed by atoms with van der Waals surface area (Å²) < 4.78 is 1.02. The standard InChI is InChI=1S/C12H11BrClN3S/c1-2-15-12-16-7-9(14)11(17-12)18-10-6-4-3-5-8(10)13/h3-7H,2H2,1H3,(H,15,16,17). The van der Waals surface area contributed by atoms with E-state index in [9.17, 15) is 0 Å². The summed E-state index contributed by atoms with van der Waals surface area (Å²) in [5.41, 5.74) is 0. The molecule has 1 aromatic carbocycles. The third kappa shape index (κ3) is 3.37. The van der Waals surface area contributed by atoms with E-state index in [0.29, 0.717) is 11.0 Å². The zero-order valence-corrected chi connectivity index (χ0v) is 12.8. The van der Waals surface area contributed by atoms with E-state index in [1.54, 1.807) is 6.20 Å². The minimum Gasteiger partial charge on any atom is -0.354 e. The molecular weight excluding hydrogens is 334 g/mol. The summed E-state index contributed by atoms with van der Waals surface area (Å²) in [6.07, 6.45) is 1.62. The van der Waals surface area contributed by atoms with Crippen LogP contribution in [0.25, 0.3) is 0 Å². The van der Waals surface area contributed by atoms with Gasteiger partial charge in [-0.25, -0.2) is 9.97 Å². The molecule has 18 heavy (non-hydrogen) atoms. The van der Waals surface area contributed by atoms with Gasteiger partial charge in [0.1, 0.15) is 5.03 Å². The molecule has 2 aromatic rings. The molecule has 1 N–H and O–H groups in total. The lowest BCUT2D eigenvalue weighted by atomic mass is 10.4. The van der Waals surface area contributed by atoms with Gasteiger partial charge in [-0.1, -0.05) is 35.5 Å². The number of halogens is 2. The van der Waals surface area contributed by atoms with Crippen LogP contribution in [0.4, 0.5) is 5.95 Å². The van der Waals surface area contributed by atoms with Crippen molar-refractivity contribution in [1.29, 1.82) is 0 Å². The van der Waals surface area contributed by atoms with Crippen molar-refractivity contribution < 1.29 is 0 Å². The highest BCUT2D eigenvalue weighted by atomic mass is 79.9. The second kappa shape index (κ2) is 6.41. The first-order chi connectivity index (χ1) is 8.70. The topological polar surface area (TPSA) is 37.8 Å². The fourth-order valence-corrected chi connectivity index (χ4v) is 2.84. The third-order valence-corrected chi connectivity index (χ3v) is 4.51. The molecule has 6 heteroatoms. The molecule has 0 aliphatic carbocycles. The molecule has 0 fully saturated rings. The van der Waals surface area contributed by atoms with E-state index in [1.165, 1.54) is 11.8 Å². The first-order valence-electron chi connectivity index (χ1n) is 5.39. The molecule has 0 spiro atoms. The summed E-state index contributed by atoms with van der Waals surface area (Å²) in [5, 5.41) is 4.37. The van der Waals surface area contributed by atoms with Crippen LogP contribution >= 0.6 is 39.3 Å². The maximum Gasteiger partial charge on any atom is 0.223 e. The largest absolute Gasteiger partial charge is 0.354 e. The summed E-state index contributed by atoms with van der Waals surface area (Å²) in [6.45, 7) is 2.78. The summed E-state index contributed by atoms with van der Waals surface area (Å²) in [7, 11) is 0. The van der Waals surface area contributed by atoms with E-state index in [2.05, 4.69) is 31.2 Å². The Kier molecular flexibility index (Phi) is 4.86. The summed E-state index contributed by atoms with van der Waals surface area (Å²) in [4.78, 5) is 9.57.